The summed E-state index contributed by atoms with van der Waals surface area (Å²) in [5.41, 5.74) is 0.305. The van der Waals surface area contributed by atoms with Gasteiger partial charge < -0.3 is 5.32 Å². The molecule has 0 saturated carbocycles. The summed E-state index contributed by atoms with van der Waals surface area (Å²) in [4.78, 5) is 11.7. The van der Waals surface area contributed by atoms with Crippen molar-refractivity contribution in [2.75, 3.05) is 0 Å². The molecular weight excluding hydrogens is 291 g/mol. The average molecular weight is 308 g/mol. The first kappa shape index (κ1) is 15.6. The van der Waals surface area contributed by atoms with Gasteiger partial charge in [-0.15, -0.1) is 11.3 Å². The van der Waals surface area contributed by atoms with Crippen LogP contribution in [0.25, 0.3) is 0 Å². The first-order chi connectivity index (χ1) is 9.99. The Morgan fingerprint density at radius 1 is 1.38 bits per heavy atom. The summed E-state index contributed by atoms with van der Waals surface area (Å²) in [6.07, 6.45) is 0. The van der Waals surface area contributed by atoms with Crippen LogP contribution < -0.4 is 5.32 Å². The second-order valence-corrected chi connectivity index (χ2v) is 6.13. The molecule has 0 saturated heterocycles. The molecule has 0 aliphatic rings. The number of nitro groups is 1. The molecule has 0 fully saturated rings. The standard InChI is InChI=1S/C15H17FN2O2S/c1-10(2)15(14-4-3-7-21-14)17-9-11-8-12(16)5-6-13(11)18(19)20/h3-8,10,15,17H,9H2,1-2H3. The van der Waals surface area contributed by atoms with Crippen molar-refractivity contribution in [3.8, 4) is 0 Å². The van der Waals surface area contributed by atoms with Crippen LogP contribution in [0.15, 0.2) is 35.7 Å². The Morgan fingerprint density at radius 3 is 2.71 bits per heavy atom. The molecule has 2 aromatic rings. The predicted molar refractivity (Wildman–Crippen MR) is 81.8 cm³/mol. The van der Waals surface area contributed by atoms with Gasteiger partial charge in [0.25, 0.3) is 5.69 Å². The van der Waals surface area contributed by atoms with Crippen LogP contribution in [0, 0.1) is 21.8 Å². The Balaban J connectivity index is 2.18. The van der Waals surface area contributed by atoms with E-state index in [4.69, 9.17) is 0 Å². The van der Waals surface area contributed by atoms with Gasteiger partial charge in [0.05, 0.1) is 4.92 Å². The molecule has 0 aliphatic heterocycles. The molecule has 1 heterocycles. The Labute approximate surface area is 126 Å². The van der Waals surface area contributed by atoms with Crippen molar-refractivity contribution in [3.05, 3.63) is 62.1 Å². The summed E-state index contributed by atoms with van der Waals surface area (Å²) in [5.74, 6) is -0.133. The summed E-state index contributed by atoms with van der Waals surface area (Å²) in [7, 11) is 0. The number of thiophene rings is 1. The fourth-order valence-corrected chi connectivity index (χ4v) is 3.20. The number of benzene rings is 1. The van der Waals surface area contributed by atoms with E-state index in [9.17, 15) is 14.5 Å². The highest BCUT2D eigenvalue weighted by atomic mass is 32.1. The van der Waals surface area contributed by atoms with E-state index < -0.39 is 10.7 Å². The van der Waals surface area contributed by atoms with Crippen LogP contribution in [-0.2, 0) is 6.54 Å². The molecule has 1 atom stereocenters. The van der Waals surface area contributed by atoms with Gasteiger partial charge in [0.1, 0.15) is 5.82 Å². The largest absolute Gasteiger partial charge is 0.305 e. The van der Waals surface area contributed by atoms with Gasteiger partial charge in [-0.25, -0.2) is 4.39 Å². The van der Waals surface area contributed by atoms with E-state index in [0.717, 1.165) is 6.07 Å². The smallest absolute Gasteiger partial charge is 0.274 e. The normalized spacial score (nSPS) is 12.6. The quantitative estimate of drug-likeness (QED) is 0.640. The fourth-order valence-electron chi connectivity index (χ4n) is 2.23. The minimum absolute atomic E-state index is 0.0578. The molecule has 21 heavy (non-hydrogen) atoms. The van der Waals surface area contributed by atoms with Gasteiger partial charge in [0.15, 0.2) is 0 Å². The number of hydrogen-bond acceptors (Lipinski definition) is 4. The lowest BCUT2D eigenvalue weighted by atomic mass is 10.0. The predicted octanol–water partition coefficient (Wildman–Crippen LogP) is 4.28. The Hall–Kier alpha value is -1.79. The van der Waals surface area contributed by atoms with Gasteiger partial charge in [0, 0.05) is 29.1 Å². The van der Waals surface area contributed by atoms with Crippen molar-refractivity contribution in [1.82, 2.24) is 5.32 Å². The number of rotatable bonds is 6. The highest BCUT2D eigenvalue weighted by molar-refractivity contribution is 7.10. The maximum atomic E-state index is 13.3. The third-order valence-corrected chi connectivity index (χ3v) is 4.22. The molecule has 1 unspecified atom stereocenters. The lowest BCUT2D eigenvalue weighted by Crippen LogP contribution is -2.25. The van der Waals surface area contributed by atoms with Crippen LogP contribution in [0.5, 0.6) is 0 Å². The maximum absolute atomic E-state index is 13.3. The van der Waals surface area contributed by atoms with E-state index in [2.05, 4.69) is 19.2 Å². The molecule has 0 radical (unpaired) electrons. The van der Waals surface area contributed by atoms with E-state index in [-0.39, 0.29) is 18.3 Å². The molecule has 112 valence electrons. The molecule has 1 aromatic heterocycles. The lowest BCUT2D eigenvalue weighted by Gasteiger charge is -2.21. The maximum Gasteiger partial charge on any atom is 0.274 e. The molecule has 1 N–H and O–H groups in total. The molecule has 1 aromatic carbocycles. The van der Waals surface area contributed by atoms with Crippen molar-refractivity contribution >= 4 is 17.0 Å². The Morgan fingerprint density at radius 2 is 2.14 bits per heavy atom. The Bertz CT molecular complexity index is 614. The minimum Gasteiger partial charge on any atom is -0.305 e. The number of nitrogens with zero attached hydrogens (tertiary/aromatic N) is 1. The van der Waals surface area contributed by atoms with Crippen LogP contribution >= 0.6 is 11.3 Å². The van der Waals surface area contributed by atoms with Gasteiger partial charge in [-0.1, -0.05) is 19.9 Å². The van der Waals surface area contributed by atoms with Gasteiger partial charge >= 0.3 is 0 Å². The van der Waals surface area contributed by atoms with Gasteiger partial charge in [-0.3, -0.25) is 10.1 Å². The summed E-state index contributed by atoms with van der Waals surface area (Å²) in [6.45, 7) is 4.42. The molecule has 0 amide bonds. The first-order valence-electron chi connectivity index (χ1n) is 6.68. The van der Waals surface area contributed by atoms with Gasteiger partial charge in [-0.2, -0.15) is 0 Å². The highest BCUT2D eigenvalue weighted by Crippen LogP contribution is 2.27. The van der Waals surface area contributed by atoms with Crippen LogP contribution in [0.1, 0.15) is 30.3 Å². The van der Waals surface area contributed by atoms with Crippen molar-refractivity contribution in [3.63, 3.8) is 0 Å². The lowest BCUT2D eigenvalue weighted by molar-refractivity contribution is -0.385. The van der Waals surface area contributed by atoms with E-state index in [1.165, 1.54) is 17.0 Å². The third-order valence-electron chi connectivity index (χ3n) is 3.27. The molecular formula is C15H17FN2O2S. The van der Waals surface area contributed by atoms with Gasteiger partial charge in [-0.05, 0) is 29.5 Å². The zero-order valence-corrected chi connectivity index (χ0v) is 12.7. The topological polar surface area (TPSA) is 55.2 Å². The summed E-state index contributed by atoms with van der Waals surface area (Å²) in [5, 5.41) is 16.3. The summed E-state index contributed by atoms with van der Waals surface area (Å²) >= 11 is 1.64. The SMILES string of the molecule is CC(C)C(NCc1cc(F)ccc1[N+](=O)[O-])c1cccs1. The van der Waals surface area contributed by atoms with Crippen molar-refractivity contribution < 1.29 is 9.31 Å². The average Bonchev–Trinajstić information content (AvgIpc) is 2.92. The summed E-state index contributed by atoms with van der Waals surface area (Å²) in [6, 6.07) is 7.64. The summed E-state index contributed by atoms with van der Waals surface area (Å²) < 4.78 is 13.3. The van der Waals surface area contributed by atoms with E-state index in [1.54, 1.807) is 11.3 Å². The first-order valence-corrected chi connectivity index (χ1v) is 7.56. The zero-order chi connectivity index (χ0) is 15.4. The third kappa shape index (κ3) is 3.86. The van der Waals surface area contributed by atoms with E-state index >= 15 is 0 Å². The molecule has 0 aliphatic carbocycles. The number of halogens is 1. The highest BCUT2D eigenvalue weighted by Gasteiger charge is 2.19. The van der Waals surface area contributed by atoms with Crippen LogP contribution in [0.3, 0.4) is 0 Å². The van der Waals surface area contributed by atoms with Crippen molar-refractivity contribution in [1.29, 1.82) is 0 Å². The van der Waals surface area contributed by atoms with E-state index in [0.29, 0.717) is 11.5 Å². The zero-order valence-electron chi connectivity index (χ0n) is 11.9. The molecule has 4 nitrogen and oxygen atoms in total. The molecule has 2 rings (SSSR count). The molecule has 6 heteroatoms. The Kier molecular flexibility index (Phi) is 5.03. The second kappa shape index (κ2) is 6.78. The number of nitro benzene ring substituents is 1. The van der Waals surface area contributed by atoms with Crippen molar-refractivity contribution in [2.24, 2.45) is 5.92 Å². The fraction of sp³-hybridized carbons (Fsp3) is 0.333. The molecule has 0 bridgehead atoms. The van der Waals surface area contributed by atoms with Crippen LogP contribution in [-0.4, -0.2) is 4.92 Å². The minimum atomic E-state index is -0.480. The van der Waals surface area contributed by atoms with Crippen molar-refractivity contribution in [2.45, 2.75) is 26.4 Å². The second-order valence-electron chi connectivity index (χ2n) is 5.15. The van der Waals surface area contributed by atoms with Gasteiger partial charge in [0.2, 0.25) is 0 Å². The van der Waals surface area contributed by atoms with Crippen LogP contribution in [0.4, 0.5) is 10.1 Å². The monoisotopic (exact) mass is 308 g/mol. The molecule has 0 spiro atoms. The number of hydrogen-bond donors (Lipinski definition) is 1. The van der Waals surface area contributed by atoms with E-state index in [1.807, 2.05) is 17.5 Å². The van der Waals surface area contributed by atoms with Crippen LogP contribution in [0.2, 0.25) is 0 Å². The number of nitrogens with one attached hydrogen (secondary N) is 1.